The average Bonchev–Trinajstić information content (AvgIpc) is 2.51. The van der Waals surface area contributed by atoms with Crippen molar-refractivity contribution in [1.82, 2.24) is 4.72 Å². The minimum absolute atomic E-state index is 0. The van der Waals surface area contributed by atoms with Crippen molar-refractivity contribution in [2.75, 3.05) is 13.7 Å². The molecule has 3 N–H and O–H groups in total. The number of hydrogen-bond donors (Lipinski definition) is 2. The summed E-state index contributed by atoms with van der Waals surface area (Å²) < 4.78 is 32.4. The fraction of sp³-hybridized carbons (Fsp3) is 0.533. The molecule has 0 aliphatic rings. The second-order valence-corrected chi connectivity index (χ2v) is 6.95. The Hall–Kier alpha value is -1.15. The number of halogens is 1. The Kier molecular flexibility index (Phi) is 8.20. The van der Waals surface area contributed by atoms with Gasteiger partial charge in [0.25, 0.3) is 0 Å². The van der Waals surface area contributed by atoms with E-state index >= 15 is 0 Å². The zero-order valence-electron chi connectivity index (χ0n) is 13.9. The third-order valence-electron chi connectivity index (χ3n) is 4.01. The van der Waals surface area contributed by atoms with Gasteiger partial charge < -0.3 is 10.5 Å². The maximum Gasteiger partial charge on any atom is 0.338 e. The van der Waals surface area contributed by atoms with Gasteiger partial charge in [0.1, 0.15) is 0 Å². The minimum Gasteiger partial charge on any atom is -0.465 e. The highest BCUT2D eigenvalue weighted by atomic mass is 35.5. The second-order valence-electron chi connectivity index (χ2n) is 5.27. The van der Waals surface area contributed by atoms with E-state index in [0.29, 0.717) is 24.0 Å². The van der Waals surface area contributed by atoms with Crippen molar-refractivity contribution in [3.63, 3.8) is 0 Å². The molecule has 0 aliphatic heterocycles. The molecule has 0 amide bonds. The molecule has 0 atom stereocenters. The molecule has 0 unspecified atom stereocenters. The molecule has 0 bridgehead atoms. The van der Waals surface area contributed by atoms with Gasteiger partial charge in [-0.25, -0.2) is 17.9 Å². The van der Waals surface area contributed by atoms with E-state index in [1.807, 2.05) is 13.8 Å². The number of ether oxygens (including phenoxy) is 1. The highest BCUT2D eigenvalue weighted by Crippen LogP contribution is 2.21. The summed E-state index contributed by atoms with van der Waals surface area (Å²) in [6.07, 6.45) is 1.19. The summed E-state index contributed by atoms with van der Waals surface area (Å²) in [5.74, 6) is -0.493. The van der Waals surface area contributed by atoms with Gasteiger partial charge >= 0.3 is 5.97 Å². The summed E-state index contributed by atoms with van der Waals surface area (Å²) in [6, 6.07) is 4.31. The molecule has 0 heterocycles. The number of carbonyl (C=O) groups is 1. The van der Waals surface area contributed by atoms with Crippen LogP contribution in [0.3, 0.4) is 0 Å². The van der Waals surface area contributed by atoms with Crippen LogP contribution in [-0.2, 0) is 14.8 Å². The Morgan fingerprint density at radius 1 is 1.30 bits per heavy atom. The summed E-state index contributed by atoms with van der Waals surface area (Å²) >= 11 is 0. The molecule has 0 saturated carbocycles. The number of sulfonamides is 1. The molecule has 0 aliphatic carbocycles. The van der Waals surface area contributed by atoms with Crippen LogP contribution in [-0.4, -0.2) is 33.6 Å². The van der Waals surface area contributed by atoms with Crippen molar-refractivity contribution < 1.29 is 17.9 Å². The first-order valence-corrected chi connectivity index (χ1v) is 8.66. The minimum atomic E-state index is -3.71. The van der Waals surface area contributed by atoms with E-state index in [1.54, 1.807) is 6.92 Å². The Bertz CT molecular complexity index is 635. The molecule has 1 aromatic rings. The van der Waals surface area contributed by atoms with Crippen molar-refractivity contribution in [2.24, 2.45) is 5.73 Å². The van der Waals surface area contributed by atoms with E-state index < -0.39 is 21.5 Å². The van der Waals surface area contributed by atoms with Crippen LogP contribution in [0.15, 0.2) is 23.1 Å². The lowest BCUT2D eigenvalue weighted by atomic mass is 9.95. The quantitative estimate of drug-likeness (QED) is 0.721. The molecule has 132 valence electrons. The number of hydrogen-bond acceptors (Lipinski definition) is 5. The van der Waals surface area contributed by atoms with Crippen molar-refractivity contribution in [2.45, 2.75) is 44.0 Å². The molecule has 0 aromatic heterocycles. The predicted octanol–water partition coefficient (Wildman–Crippen LogP) is 2.00. The van der Waals surface area contributed by atoms with Crippen LogP contribution in [0, 0.1) is 6.92 Å². The van der Waals surface area contributed by atoms with Crippen molar-refractivity contribution in [3.8, 4) is 0 Å². The Morgan fingerprint density at radius 3 is 2.26 bits per heavy atom. The van der Waals surface area contributed by atoms with E-state index in [0.717, 1.165) is 0 Å². The zero-order chi connectivity index (χ0) is 17.0. The maximum absolute atomic E-state index is 12.5. The van der Waals surface area contributed by atoms with Crippen molar-refractivity contribution in [3.05, 3.63) is 29.3 Å². The molecule has 8 heteroatoms. The van der Waals surface area contributed by atoms with Gasteiger partial charge in [-0.3, -0.25) is 0 Å². The fourth-order valence-electron chi connectivity index (χ4n) is 2.21. The second kappa shape index (κ2) is 8.63. The molecule has 1 rings (SSSR count). The van der Waals surface area contributed by atoms with Crippen LogP contribution in [0.4, 0.5) is 0 Å². The smallest absolute Gasteiger partial charge is 0.338 e. The Balaban J connectivity index is 0.00000484. The first-order chi connectivity index (χ1) is 10.2. The van der Waals surface area contributed by atoms with Gasteiger partial charge in [0.2, 0.25) is 10.0 Å². The molecule has 23 heavy (non-hydrogen) atoms. The third kappa shape index (κ3) is 4.91. The summed E-state index contributed by atoms with van der Waals surface area (Å²) in [6.45, 7) is 5.68. The van der Waals surface area contributed by atoms with Crippen LogP contribution in [0.2, 0.25) is 0 Å². The van der Waals surface area contributed by atoms with Gasteiger partial charge in [-0.1, -0.05) is 13.8 Å². The first kappa shape index (κ1) is 21.9. The number of aryl methyl sites for hydroxylation is 1. The number of benzene rings is 1. The lowest BCUT2D eigenvalue weighted by Gasteiger charge is -2.31. The lowest BCUT2D eigenvalue weighted by Crippen LogP contribution is -2.52. The topological polar surface area (TPSA) is 98.5 Å². The summed E-state index contributed by atoms with van der Waals surface area (Å²) in [4.78, 5) is 11.7. The van der Waals surface area contributed by atoms with E-state index in [2.05, 4.69) is 9.46 Å². The van der Waals surface area contributed by atoms with Gasteiger partial charge in [0.15, 0.2) is 0 Å². The highest BCUT2D eigenvalue weighted by Gasteiger charge is 2.31. The molecule has 6 nitrogen and oxygen atoms in total. The van der Waals surface area contributed by atoms with Crippen LogP contribution in [0.1, 0.15) is 42.6 Å². The van der Waals surface area contributed by atoms with Gasteiger partial charge in [0.05, 0.1) is 17.6 Å². The number of nitrogens with two attached hydrogens (primary N) is 1. The van der Waals surface area contributed by atoms with Gasteiger partial charge in [-0.05, 0) is 43.5 Å². The molecular weight excluding hydrogens is 340 g/mol. The average molecular weight is 365 g/mol. The van der Waals surface area contributed by atoms with Crippen molar-refractivity contribution in [1.29, 1.82) is 0 Å². The third-order valence-corrected chi connectivity index (χ3v) is 5.58. The first-order valence-electron chi connectivity index (χ1n) is 7.18. The molecule has 0 fully saturated rings. The lowest BCUT2D eigenvalue weighted by molar-refractivity contribution is 0.0600. The van der Waals surface area contributed by atoms with Crippen LogP contribution < -0.4 is 10.5 Å². The van der Waals surface area contributed by atoms with Gasteiger partial charge in [0, 0.05) is 12.1 Å². The molecule has 0 radical (unpaired) electrons. The number of carbonyl (C=O) groups excluding carboxylic acids is 1. The summed E-state index contributed by atoms with van der Waals surface area (Å²) in [7, 11) is -2.42. The van der Waals surface area contributed by atoms with E-state index in [1.165, 1.54) is 25.3 Å². The number of esters is 1. The molecular formula is C15H25ClN2O4S. The normalized spacial score (nSPS) is 11.7. The fourth-order valence-corrected chi connectivity index (χ4v) is 3.85. The predicted molar refractivity (Wildman–Crippen MR) is 92.5 cm³/mol. The van der Waals surface area contributed by atoms with Gasteiger partial charge in [-0.2, -0.15) is 0 Å². The summed E-state index contributed by atoms with van der Waals surface area (Å²) in [5.41, 5.74) is 5.97. The Morgan fingerprint density at radius 2 is 1.87 bits per heavy atom. The van der Waals surface area contributed by atoms with E-state index in [9.17, 15) is 13.2 Å². The SMILES string of the molecule is CCC(CC)(CN)NS(=O)(=O)c1ccc(C(=O)OC)c(C)c1.Cl. The van der Waals surface area contributed by atoms with Crippen LogP contribution in [0.25, 0.3) is 0 Å². The van der Waals surface area contributed by atoms with Crippen LogP contribution >= 0.6 is 12.4 Å². The van der Waals surface area contributed by atoms with Crippen LogP contribution in [0.5, 0.6) is 0 Å². The maximum atomic E-state index is 12.5. The monoisotopic (exact) mass is 364 g/mol. The molecule has 1 aromatic carbocycles. The van der Waals surface area contributed by atoms with Gasteiger partial charge in [-0.15, -0.1) is 12.4 Å². The van der Waals surface area contributed by atoms with E-state index in [-0.39, 0.29) is 23.8 Å². The molecule has 0 saturated heterocycles. The number of methoxy groups -OCH3 is 1. The van der Waals surface area contributed by atoms with Crippen molar-refractivity contribution >= 4 is 28.4 Å². The standard InChI is InChI=1S/C15H24N2O4S.ClH/c1-5-15(6-2,10-16)17-22(19,20)12-7-8-13(11(3)9-12)14(18)21-4;/h7-9,17H,5-6,10,16H2,1-4H3;1H. The highest BCUT2D eigenvalue weighted by molar-refractivity contribution is 7.89. The number of nitrogens with one attached hydrogen (secondary N) is 1. The molecule has 0 spiro atoms. The van der Waals surface area contributed by atoms with E-state index in [4.69, 9.17) is 5.73 Å². The largest absolute Gasteiger partial charge is 0.465 e. The Labute approximate surface area is 144 Å². The summed E-state index contributed by atoms with van der Waals surface area (Å²) in [5, 5.41) is 0. The number of rotatable bonds is 7. The zero-order valence-corrected chi connectivity index (χ0v) is 15.5.